The van der Waals surface area contributed by atoms with Gasteiger partial charge in [0.15, 0.2) is 0 Å². The predicted molar refractivity (Wildman–Crippen MR) is 71.1 cm³/mol. The van der Waals surface area contributed by atoms with Crippen LogP contribution in [0.2, 0.25) is 0 Å². The molecule has 0 aliphatic heterocycles. The highest BCUT2D eigenvalue weighted by atomic mass is 16.4. The molecular weight excluding hydrogens is 248 g/mol. The van der Waals surface area contributed by atoms with Crippen LogP contribution in [0.5, 0.6) is 0 Å². The van der Waals surface area contributed by atoms with Crippen molar-refractivity contribution in [3.05, 3.63) is 29.8 Å². The molecular formula is C13H18N2O4. The Kier molecular flexibility index (Phi) is 5.81. The highest BCUT2D eigenvalue weighted by molar-refractivity contribution is 5.92. The predicted octanol–water partition coefficient (Wildman–Crippen LogP) is 1.21. The topological polar surface area (TPSA) is 98.7 Å². The van der Waals surface area contributed by atoms with Crippen molar-refractivity contribution >= 4 is 17.7 Å². The van der Waals surface area contributed by atoms with Crippen molar-refractivity contribution in [2.24, 2.45) is 0 Å². The molecule has 1 aromatic rings. The van der Waals surface area contributed by atoms with Gasteiger partial charge in [-0.1, -0.05) is 25.1 Å². The lowest BCUT2D eigenvalue weighted by atomic mass is 10.1. The molecule has 1 rings (SSSR count). The Morgan fingerprint density at radius 2 is 2.00 bits per heavy atom. The van der Waals surface area contributed by atoms with Gasteiger partial charge in [-0.25, -0.2) is 9.59 Å². The van der Waals surface area contributed by atoms with Crippen LogP contribution in [-0.2, 0) is 11.2 Å². The number of nitrogens with one attached hydrogen (secondary N) is 2. The first-order valence-corrected chi connectivity index (χ1v) is 6.07. The maximum absolute atomic E-state index is 11.7. The molecule has 0 radical (unpaired) electrons. The van der Waals surface area contributed by atoms with Crippen LogP contribution in [-0.4, -0.2) is 34.9 Å². The second-order valence-electron chi connectivity index (χ2n) is 4.01. The molecule has 1 aromatic carbocycles. The van der Waals surface area contributed by atoms with Crippen LogP contribution in [0.4, 0.5) is 10.5 Å². The number of hydrogen-bond donors (Lipinski definition) is 4. The number of carbonyl (C=O) groups excluding carboxylic acids is 1. The Labute approximate surface area is 111 Å². The van der Waals surface area contributed by atoms with Gasteiger partial charge in [0.25, 0.3) is 0 Å². The van der Waals surface area contributed by atoms with E-state index in [1.807, 2.05) is 19.1 Å². The van der Waals surface area contributed by atoms with E-state index in [4.69, 9.17) is 10.2 Å². The quantitative estimate of drug-likeness (QED) is 0.622. The Morgan fingerprint density at radius 1 is 1.32 bits per heavy atom. The molecule has 6 nitrogen and oxygen atoms in total. The summed E-state index contributed by atoms with van der Waals surface area (Å²) in [5, 5.41) is 22.5. The van der Waals surface area contributed by atoms with E-state index >= 15 is 0 Å². The van der Waals surface area contributed by atoms with Crippen molar-refractivity contribution in [1.82, 2.24) is 5.32 Å². The lowest BCUT2D eigenvalue weighted by Crippen LogP contribution is -2.43. The number of carbonyl (C=O) groups is 2. The van der Waals surface area contributed by atoms with Gasteiger partial charge in [0, 0.05) is 18.7 Å². The third-order valence-electron chi connectivity index (χ3n) is 2.67. The molecule has 104 valence electrons. The third kappa shape index (κ3) is 4.59. The fourth-order valence-electron chi connectivity index (χ4n) is 1.65. The molecule has 0 heterocycles. The van der Waals surface area contributed by atoms with Crippen LogP contribution in [0.1, 0.15) is 18.9 Å². The molecule has 0 unspecified atom stereocenters. The van der Waals surface area contributed by atoms with Gasteiger partial charge in [0.1, 0.15) is 6.04 Å². The number of rotatable bonds is 6. The number of carboxylic acid groups (broad SMARTS) is 1. The summed E-state index contributed by atoms with van der Waals surface area (Å²) in [6, 6.07) is 5.60. The number of aryl methyl sites for hydroxylation is 1. The highest BCUT2D eigenvalue weighted by Crippen LogP contribution is 2.15. The molecule has 0 aliphatic rings. The number of carboxylic acids is 1. The zero-order chi connectivity index (χ0) is 14.3. The summed E-state index contributed by atoms with van der Waals surface area (Å²) in [5.74, 6) is -1.17. The van der Waals surface area contributed by atoms with Crippen molar-refractivity contribution in [3.8, 4) is 0 Å². The van der Waals surface area contributed by atoms with Crippen molar-refractivity contribution in [1.29, 1.82) is 0 Å². The first kappa shape index (κ1) is 15.0. The number of urea groups is 1. The van der Waals surface area contributed by atoms with Crippen LogP contribution < -0.4 is 10.6 Å². The van der Waals surface area contributed by atoms with E-state index in [0.29, 0.717) is 5.69 Å². The van der Waals surface area contributed by atoms with Gasteiger partial charge in [-0.15, -0.1) is 0 Å². The van der Waals surface area contributed by atoms with Gasteiger partial charge in [0.2, 0.25) is 0 Å². The van der Waals surface area contributed by atoms with Crippen LogP contribution in [0.25, 0.3) is 0 Å². The summed E-state index contributed by atoms with van der Waals surface area (Å²) in [5.41, 5.74) is 1.61. The lowest BCUT2D eigenvalue weighted by Gasteiger charge is -2.15. The number of aliphatic carboxylic acids is 1. The zero-order valence-electron chi connectivity index (χ0n) is 10.7. The van der Waals surface area contributed by atoms with Gasteiger partial charge in [-0.2, -0.15) is 0 Å². The second-order valence-corrected chi connectivity index (χ2v) is 4.01. The van der Waals surface area contributed by atoms with Crippen molar-refractivity contribution in [2.45, 2.75) is 25.8 Å². The summed E-state index contributed by atoms with van der Waals surface area (Å²) >= 11 is 0. The number of para-hydroxylation sites is 1. The van der Waals surface area contributed by atoms with Crippen molar-refractivity contribution in [3.63, 3.8) is 0 Å². The smallest absolute Gasteiger partial charge is 0.326 e. The number of aliphatic hydroxyl groups is 1. The average Bonchev–Trinajstić information content (AvgIpc) is 2.38. The van der Waals surface area contributed by atoms with Gasteiger partial charge < -0.3 is 20.8 Å². The van der Waals surface area contributed by atoms with E-state index in [9.17, 15) is 9.59 Å². The molecule has 2 amide bonds. The molecule has 0 aliphatic carbocycles. The van der Waals surface area contributed by atoms with Crippen molar-refractivity contribution < 1.29 is 19.8 Å². The van der Waals surface area contributed by atoms with E-state index < -0.39 is 18.0 Å². The maximum Gasteiger partial charge on any atom is 0.326 e. The normalized spacial score (nSPS) is 11.7. The second kappa shape index (κ2) is 7.38. The number of anilines is 1. The summed E-state index contributed by atoms with van der Waals surface area (Å²) in [4.78, 5) is 22.5. The van der Waals surface area contributed by atoms with Crippen LogP contribution in [0.15, 0.2) is 24.3 Å². The number of aliphatic hydroxyl groups excluding tert-OH is 1. The minimum atomic E-state index is -1.17. The van der Waals surface area contributed by atoms with E-state index in [0.717, 1.165) is 12.0 Å². The van der Waals surface area contributed by atoms with Gasteiger partial charge in [-0.05, 0) is 18.1 Å². The largest absolute Gasteiger partial charge is 0.480 e. The molecule has 0 aromatic heterocycles. The molecule has 6 heteroatoms. The fraction of sp³-hybridized carbons (Fsp3) is 0.385. The molecule has 0 bridgehead atoms. The van der Waals surface area contributed by atoms with Crippen molar-refractivity contribution in [2.75, 3.05) is 11.9 Å². The number of benzene rings is 1. The van der Waals surface area contributed by atoms with E-state index in [1.165, 1.54) is 0 Å². The van der Waals surface area contributed by atoms with E-state index in [-0.39, 0.29) is 13.0 Å². The molecule has 0 fully saturated rings. The minimum Gasteiger partial charge on any atom is -0.480 e. The van der Waals surface area contributed by atoms with E-state index in [1.54, 1.807) is 12.1 Å². The molecule has 4 N–H and O–H groups in total. The van der Waals surface area contributed by atoms with Crippen LogP contribution in [0.3, 0.4) is 0 Å². The Balaban J connectivity index is 2.66. The summed E-state index contributed by atoms with van der Waals surface area (Å²) < 4.78 is 0. The zero-order valence-corrected chi connectivity index (χ0v) is 10.7. The maximum atomic E-state index is 11.7. The van der Waals surface area contributed by atoms with Gasteiger partial charge in [-0.3, -0.25) is 0 Å². The fourth-order valence-corrected chi connectivity index (χ4v) is 1.65. The molecule has 0 saturated heterocycles. The molecule has 19 heavy (non-hydrogen) atoms. The van der Waals surface area contributed by atoms with Crippen LogP contribution >= 0.6 is 0 Å². The molecule has 0 saturated carbocycles. The third-order valence-corrected chi connectivity index (χ3v) is 2.67. The first-order valence-electron chi connectivity index (χ1n) is 6.07. The monoisotopic (exact) mass is 266 g/mol. The van der Waals surface area contributed by atoms with E-state index in [2.05, 4.69) is 10.6 Å². The SMILES string of the molecule is CCc1ccccc1NC(=O)N[C@@H](CCO)C(=O)O. The summed E-state index contributed by atoms with van der Waals surface area (Å²) in [7, 11) is 0. The van der Waals surface area contributed by atoms with Gasteiger partial charge in [0.05, 0.1) is 0 Å². The molecule has 0 spiro atoms. The number of hydrogen-bond acceptors (Lipinski definition) is 3. The Bertz CT molecular complexity index is 448. The summed E-state index contributed by atoms with van der Waals surface area (Å²) in [6.07, 6.45) is 0.730. The van der Waals surface area contributed by atoms with Crippen LogP contribution in [0, 0.1) is 0 Å². The minimum absolute atomic E-state index is 0.0296. The lowest BCUT2D eigenvalue weighted by molar-refractivity contribution is -0.139. The number of amides is 2. The summed E-state index contributed by atoms with van der Waals surface area (Å²) in [6.45, 7) is 1.66. The highest BCUT2D eigenvalue weighted by Gasteiger charge is 2.19. The van der Waals surface area contributed by atoms with Gasteiger partial charge >= 0.3 is 12.0 Å². The first-order chi connectivity index (χ1) is 9.08. The standard InChI is InChI=1S/C13H18N2O4/c1-2-9-5-3-4-6-10(9)14-13(19)15-11(7-8-16)12(17)18/h3-6,11,16H,2,7-8H2,1H3,(H,17,18)(H2,14,15,19)/t11-/m0/s1. The molecule has 1 atom stereocenters. The average molecular weight is 266 g/mol. The Hall–Kier alpha value is -2.08. The Morgan fingerprint density at radius 3 is 2.58 bits per heavy atom.